The van der Waals surface area contributed by atoms with E-state index in [0.717, 1.165) is 11.6 Å². The number of aromatic nitrogens is 2. The molecular weight excluding hydrogens is 224 g/mol. The summed E-state index contributed by atoms with van der Waals surface area (Å²) >= 11 is 1.69. The number of carbonyl (C=O) groups is 1. The molecule has 0 spiro atoms. The first-order chi connectivity index (χ1) is 7.74. The summed E-state index contributed by atoms with van der Waals surface area (Å²) in [4.78, 5) is 18.5. The number of aromatic amines is 1. The second kappa shape index (κ2) is 7.29. The largest absolute Gasteiger partial charge is 0.354 e. The highest BCUT2D eigenvalue weighted by molar-refractivity contribution is 7.98. The molecule has 90 valence electrons. The van der Waals surface area contributed by atoms with Crippen molar-refractivity contribution in [2.45, 2.75) is 18.9 Å². The first-order valence-corrected chi connectivity index (χ1v) is 6.64. The van der Waals surface area contributed by atoms with E-state index in [9.17, 15) is 4.79 Å². The molecule has 16 heavy (non-hydrogen) atoms. The van der Waals surface area contributed by atoms with Crippen LogP contribution in [0.1, 0.15) is 12.2 Å². The minimum Gasteiger partial charge on any atom is -0.354 e. The molecule has 1 amide bonds. The summed E-state index contributed by atoms with van der Waals surface area (Å²) in [5, 5.41) is 2.80. The average Bonchev–Trinajstić information content (AvgIpc) is 2.78. The number of nitrogens with one attached hydrogen (secondary N) is 2. The number of rotatable bonds is 7. The van der Waals surface area contributed by atoms with Gasteiger partial charge in [0, 0.05) is 25.4 Å². The van der Waals surface area contributed by atoms with E-state index >= 15 is 0 Å². The number of hydrogen-bond donors (Lipinski definition) is 3. The molecule has 1 aromatic rings. The summed E-state index contributed by atoms with van der Waals surface area (Å²) in [6.45, 7) is 0.569. The number of amides is 1. The van der Waals surface area contributed by atoms with E-state index in [1.807, 2.05) is 6.26 Å². The highest BCUT2D eigenvalue weighted by Crippen LogP contribution is 1.98. The van der Waals surface area contributed by atoms with Crippen LogP contribution in [-0.2, 0) is 11.2 Å². The number of hydrogen-bond acceptors (Lipinski definition) is 4. The van der Waals surface area contributed by atoms with Crippen molar-refractivity contribution in [3.8, 4) is 0 Å². The standard InChI is InChI=1S/C10H18N4OS/c1-16-7-3-8(11)10(15)14-4-2-9-12-5-6-13-9/h5-6,8H,2-4,7,11H2,1H3,(H,12,13)(H,14,15)/t8-/m1/s1. The molecule has 6 heteroatoms. The summed E-state index contributed by atoms with van der Waals surface area (Å²) in [5.41, 5.74) is 5.71. The van der Waals surface area contributed by atoms with Gasteiger partial charge in [-0.05, 0) is 18.4 Å². The fourth-order valence-electron chi connectivity index (χ4n) is 1.25. The zero-order valence-corrected chi connectivity index (χ0v) is 10.2. The number of thioether (sulfide) groups is 1. The maximum Gasteiger partial charge on any atom is 0.236 e. The summed E-state index contributed by atoms with van der Waals surface area (Å²) in [6.07, 6.45) is 6.88. The number of carbonyl (C=O) groups excluding carboxylic acids is 1. The van der Waals surface area contributed by atoms with Crippen LogP contribution >= 0.6 is 11.8 Å². The highest BCUT2D eigenvalue weighted by atomic mass is 32.2. The van der Waals surface area contributed by atoms with Crippen LogP contribution in [0, 0.1) is 0 Å². The Morgan fingerprint density at radius 1 is 1.75 bits per heavy atom. The molecule has 1 heterocycles. The highest BCUT2D eigenvalue weighted by Gasteiger charge is 2.11. The molecule has 0 bridgehead atoms. The molecule has 0 aliphatic rings. The Morgan fingerprint density at radius 2 is 2.56 bits per heavy atom. The summed E-state index contributed by atoms with van der Waals surface area (Å²) < 4.78 is 0. The van der Waals surface area contributed by atoms with Crippen LogP contribution in [-0.4, -0.2) is 40.5 Å². The van der Waals surface area contributed by atoms with E-state index < -0.39 is 6.04 Å². The van der Waals surface area contributed by atoms with Gasteiger partial charge in [0.05, 0.1) is 6.04 Å². The molecule has 0 fully saturated rings. The number of imidazole rings is 1. The van der Waals surface area contributed by atoms with Crippen molar-refractivity contribution in [2.75, 3.05) is 18.6 Å². The minimum absolute atomic E-state index is 0.0828. The van der Waals surface area contributed by atoms with Crippen LogP contribution in [0.15, 0.2) is 12.4 Å². The van der Waals surface area contributed by atoms with Crippen molar-refractivity contribution in [3.63, 3.8) is 0 Å². The lowest BCUT2D eigenvalue weighted by Crippen LogP contribution is -2.41. The second-order valence-corrected chi connectivity index (χ2v) is 4.45. The third-order valence-corrected chi connectivity index (χ3v) is 2.83. The van der Waals surface area contributed by atoms with Crippen molar-refractivity contribution in [2.24, 2.45) is 5.73 Å². The summed E-state index contributed by atoms with van der Waals surface area (Å²) in [6, 6.07) is -0.399. The molecule has 0 radical (unpaired) electrons. The molecule has 0 saturated heterocycles. The fraction of sp³-hybridized carbons (Fsp3) is 0.600. The molecule has 4 N–H and O–H groups in total. The maximum absolute atomic E-state index is 11.5. The molecule has 0 saturated carbocycles. The van der Waals surface area contributed by atoms with Gasteiger partial charge in [-0.1, -0.05) is 0 Å². The van der Waals surface area contributed by atoms with E-state index in [4.69, 9.17) is 5.73 Å². The number of nitrogens with zero attached hydrogens (tertiary/aromatic N) is 1. The number of nitrogens with two attached hydrogens (primary N) is 1. The molecular formula is C10H18N4OS. The van der Waals surface area contributed by atoms with Gasteiger partial charge in [0.1, 0.15) is 5.82 Å². The lowest BCUT2D eigenvalue weighted by Gasteiger charge is -2.10. The molecule has 1 aromatic heterocycles. The zero-order valence-electron chi connectivity index (χ0n) is 9.40. The SMILES string of the molecule is CSCC[C@@H](N)C(=O)NCCc1ncc[nH]1. The molecule has 0 aliphatic heterocycles. The van der Waals surface area contributed by atoms with Crippen LogP contribution in [0.4, 0.5) is 0 Å². The average molecular weight is 242 g/mol. The smallest absolute Gasteiger partial charge is 0.236 e. The van der Waals surface area contributed by atoms with Crippen LogP contribution < -0.4 is 11.1 Å². The Bertz CT molecular complexity index is 302. The number of H-pyrrole nitrogens is 1. The van der Waals surface area contributed by atoms with Gasteiger partial charge in [-0.15, -0.1) is 0 Å². The Balaban J connectivity index is 2.14. The summed E-state index contributed by atoms with van der Waals surface area (Å²) in [5.74, 6) is 1.70. The first kappa shape index (κ1) is 13.1. The third kappa shape index (κ3) is 4.67. The predicted molar refractivity (Wildman–Crippen MR) is 66.3 cm³/mol. The topological polar surface area (TPSA) is 83.8 Å². The van der Waals surface area contributed by atoms with Gasteiger partial charge in [-0.3, -0.25) is 4.79 Å². The fourth-order valence-corrected chi connectivity index (χ4v) is 1.74. The normalized spacial score (nSPS) is 12.4. The Morgan fingerprint density at radius 3 is 3.19 bits per heavy atom. The minimum atomic E-state index is -0.399. The van der Waals surface area contributed by atoms with E-state index in [0.29, 0.717) is 19.4 Å². The van der Waals surface area contributed by atoms with Gasteiger partial charge in [0.15, 0.2) is 0 Å². The summed E-state index contributed by atoms with van der Waals surface area (Å²) in [7, 11) is 0. The van der Waals surface area contributed by atoms with Gasteiger partial charge in [0.25, 0.3) is 0 Å². The maximum atomic E-state index is 11.5. The van der Waals surface area contributed by atoms with E-state index in [1.165, 1.54) is 0 Å². The zero-order chi connectivity index (χ0) is 11.8. The molecule has 0 unspecified atom stereocenters. The monoisotopic (exact) mass is 242 g/mol. The predicted octanol–water partition coefficient (Wildman–Crippen LogP) is 0.149. The van der Waals surface area contributed by atoms with Crippen LogP contribution in [0.25, 0.3) is 0 Å². The van der Waals surface area contributed by atoms with Crippen LogP contribution in [0.3, 0.4) is 0 Å². The molecule has 0 aliphatic carbocycles. The Hall–Kier alpha value is -1.01. The van der Waals surface area contributed by atoms with Crippen molar-refractivity contribution < 1.29 is 4.79 Å². The Labute approximate surface area is 99.6 Å². The first-order valence-electron chi connectivity index (χ1n) is 5.24. The molecule has 1 rings (SSSR count). The van der Waals surface area contributed by atoms with Gasteiger partial charge >= 0.3 is 0 Å². The van der Waals surface area contributed by atoms with Crippen molar-refractivity contribution in [1.29, 1.82) is 0 Å². The Kier molecular flexibility index (Phi) is 5.95. The van der Waals surface area contributed by atoms with Crippen molar-refractivity contribution in [1.82, 2.24) is 15.3 Å². The van der Waals surface area contributed by atoms with Gasteiger partial charge < -0.3 is 16.0 Å². The van der Waals surface area contributed by atoms with E-state index in [2.05, 4.69) is 15.3 Å². The lowest BCUT2D eigenvalue weighted by atomic mass is 10.2. The van der Waals surface area contributed by atoms with Crippen molar-refractivity contribution >= 4 is 17.7 Å². The lowest BCUT2D eigenvalue weighted by molar-refractivity contribution is -0.122. The van der Waals surface area contributed by atoms with E-state index in [1.54, 1.807) is 24.2 Å². The van der Waals surface area contributed by atoms with Crippen LogP contribution in [0.5, 0.6) is 0 Å². The van der Waals surface area contributed by atoms with Crippen LogP contribution in [0.2, 0.25) is 0 Å². The molecule has 5 nitrogen and oxygen atoms in total. The van der Waals surface area contributed by atoms with Crippen molar-refractivity contribution in [3.05, 3.63) is 18.2 Å². The quantitative estimate of drug-likeness (QED) is 0.635. The molecule has 0 aromatic carbocycles. The van der Waals surface area contributed by atoms with Gasteiger partial charge in [0.2, 0.25) is 5.91 Å². The second-order valence-electron chi connectivity index (χ2n) is 3.46. The van der Waals surface area contributed by atoms with E-state index in [-0.39, 0.29) is 5.91 Å². The molecule has 1 atom stereocenters. The van der Waals surface area contributed by atoms with Gasteiger partial charge in [-0.25, -0.2) is 4.98 Å². The third-order valence-electron chi connectivity index (χ3n) is 2.19. The van der Waals surface area contributed by atoms with Gasteiger partial charge in [-0.2, -0.15) is 11.8 Å².